The van der Waals surface area contributed by atoms with Crippen LogP contribution in [0.15, 0.2) is 41.8 Å². The molecule has 2 N–H and O–H groups in total. The Morgan fingerprint density at radius 1 is 1.22 bits per heavy atom. The van der Waals surface area contributed by atoms with Crippen molar-refractivity contribution in [1.82, 2.24) is 10.2 Å². The summed E-state index contributed by atoms with van der Waals surface area (Å²) in [5.41, 5.74) is 1.77. The van der Waals surface area contributed by atoms with Gasteiger partial charge in [0.05, 0.1) is 6.61 Å². The number of hydrogen-bond donors (Lipinski definition) is 2. The van der Waals surface area contributed by atoms with E-state index < -0.39 is 5.54 Å². The van der Waals surface area contributed by atoms with E-state index in [4.69, 9.17) is 4.74 Å². The molecular weight excluding hydrogens is 358 g/mol. The van der Waals surface area contributed by atoms with E-state index in [1.807, 2.05) is 41.7 Å². The molecule has 3 rings (SSSR count). The number of hydrogen-bond acceptors (Lipinski definition) is 5. The van der Waals surface area contributed by atoms with Crippen molar-refractivity contribution in [3.63, 3.8) is 0 Å². The summed E-state index contributed by atoms with van der Waals surface area (Å²) in [5, 5.41) is 8.73. The molecule has 0 radical (unpaired) electrons. The molecule has 1 aromatic heterocycles. The normalized spacial score (nSPS) is 16.8. The number of aryl methyl sites for hydroxylation is 1. The van der Waals surface area contributed by atoms with Crippen LogP contribution in [-0.4, -0.2) is 49.7 Å². The number of carbonyl (C=O) groups is 1. The topological polar surface area (TPSA) is 53.6 Å². The van der Waals surface area contributed by atoms with E-state index >= 15 is 0 Å². The van der Waals surface area contributed by atoms with Crippen molar-refractivity contribution in [3.8, 4) is 0 Å². The predicted octanol–water partition coefficient (Wildman–Crippen LogP) is 3.27. The summed E-state index contributed by atoms with van der Waals surface area (Å²) in [4.78, 5) is 16.9. The zero-order valence-electron chi connectivity index (χ0n) is 16.2. The molecule has 1 aliphatic heterocycles. The van der Waals surface area contributed by atoms with E-state index in [1.54, 1.807) is 7.11 Å². The van der Waals surface area contributed by atoms with Crippen molar-refractivity contribution in [2.45, 2.75) is 31.8 Å². The number of para-hydroxylation sites is 1. The number of methoxy groups -OCH3 is 1. The lowest BCUT2D eigenvalue weighted by Crippen LogP contribution is -2.58. The van der Waals surface area contributed by atoms with Gasteiger partial charge in [-0.1, -0.05) is 18.2 Å². The fraction of sp³-hybridized carbons (Fsp3) is 0.476. The second-order valence-corrected chi connectivity index (χ2v) is 8.13. The van der Waals surface area contributed by atoms with Crippen molar-refractivity contribution in [2.75, 3.05) is 38.7 Å². The third kappa shape index (κ3) is 5.09. The van der Waals surface area contributed by atoms with E-state index in [2.05, 4.69) is 33.9 Å². The van der Waals surface area contributed by atoms with E-state index in [1.165, 1.54) is 10.4 Å². The first kappa shape index (κ1) is 19.9. The number of piperidine rings is 1. The number of rotatable bonds is 8. The van der Waals surface area contributed by atoms with Crippen LogP contribution in [0.5, 0.6) is 0 Å². The molecule has 1 amide bonds. The fourth-order valence-electron chi connectivity index (χ4n) is 3.50. The molecule has 1 aromatic carbocycles. The summed E-state index contributed by atoms with van der Waals surface area (Å²) in [6.07, 6.45) is 1.57. The van der Waals surface area contributed by atoms with E-state index in [-0.39, 0.29) is 5.91 Å². The molecule has 1 fully saturated rings. The van der Waals surface area contributed by atoms with Gasteiger partial charge in [-0.25, -0.2) is 0 Å². The number of likely N-dealkylation sites (tertiary alicyclic amines) is 1. The molecule has 146 valence electrons. The van der Waals surface area contributed by atoms with Gasteiger partial charge in [0, 0.05) is 43.9 Å². The van der Waals surface area contributed by atoms with Crippen molar-refractivity contribution in [3.05, 3.63) is 52.2 Å². The number of carbonyl (C=O) groups excluding carboxylic acids is 1. The average molecular weight is 388 g/mol. The largest absolute Gasteiger partial charge is 0.383 e. The minimum Gasteiger partial charge on any atom is -0.383 e. The maximum absolute atomic E-state index is 13.0. The molecule has 27 heavy (non-hydrogen) atoms. The number of nitrogens with one attached hydrogen (secondary N) is 2. The molecule has 6 heteroatoms. The molecule has 2 aromatic rings. The van der Waals surface area contributed by atoms with Crippen LogP contribution < -0.4 is 10.6 Å². The average Bonchev–Trinajstić information content (AvgIpc) is 3.09. The highest BCUT2D eigenvalue weighted by molar-refractivity contribution is 7.10. The van der Waals surface area contributed by atoms with Gasteiger partial charge in [0.2, 0.25) is 5.91 Å². The van der Waals surface area contributed by atoms with Crippen LogP contribution in [0.1, 0.15) is 23.3 Å². The van der Waals surface area contributed by atoms with Crippen molar-refractivity contribution in [1.29, 1.82) is 0 Å². The molecule has 0 bridgehead atoms. The van der Waals surface area contributed by atoms with Crippen LogP contribution in [-0.2, 0) is 16.1 Å². The van der Waals surface area contributed by atoms with E-state index in [9.17, 15) is 4.79 Å². The number of ether oxygens (including phenoxy) is 1. The molecule has 5 nitrogen and oxygen atoms in total. The summed E-state index contributed by atoms with van der Waals surface area (Å²) in [7, 11) is 1.65. The summed E-state index contributed by atoms with van der Waals surface area (Å²) in [6, 6.07) is 12.2. The molecular formula is C21H29N3O2S. The van der Waals surface area contributed by atoms with Crippen LogP contribution in [0, 0.1) is 6.92 Å². The summed E-state index contributed by atoms with van der Waals surface area (Å²) >= 11 is 1.82. The van der Waals surface area contributed by atoms with Gasteiger partial charge in [0.15, 0.2) is 0 Å². The number of anilines is 1. The molecule has 0 unspecified atom stereocenters. The van der Waals surface area contributed by atoms with Crippen LogP contribution in [0.4, 0.5) is 5.69 Å². The predicted molar refractivity (Wildman–Crippen MR) is 111 cm³/mol. The van der Waals surface area contributed by atoms with Gasteiger partial charge in [-0.05, 0) is 48.9 Å². The van der Waals surface area contributed by atoms with E-state index in [0.29, 0.717) is 13.2 Å². The Bertz CT molecular complexity index is 724. The second-order valence-electron chi connectivity index (χ2n) is 7.12. The monoisotopic (exact) mass is 387 g/mol. The standard InChI is InChI=1S/C21H29N3O2S/c1-17-8-15-27-19(17)16-24-12-9-21(10-13-24,20(25)22-11-14-26-2)23-18-6-4-3-5-7-18/h3-8,15,23H,9-14,16H2,1-2H3,(H,22,25). The Balaban J connectivity index is 1.67. The minimum absolute atomic E-state index is 0.0651. The smallest absolute Gasteiger partial charge is 0.245 e. The Hall–Kier alpha value is -1.89. The van der Waals surface area contributed by atoms with Crippen LogP contribution in [0.3, 0.4) is 0 Å². The number of benzene rings is 1. The number of amides is 1. The van der Waals surface area contributed by atoms with Crippen LogP contribution in [0.2, 0.25) is 0 Å². The quantitative estimate of drug-likeness (QED) is 0.683. The summed E-state index contributed by atoms with van der Waals surface area (Å²) in [5.74, 6) is 0.0651. The molecule has 1 saturated heterocycles. The minimum atomic E-state index is -0.573. The zero-order valence-corrected chi connectivity index (χ0v) is 17.0. The number of nitrogens with zero attached hydrogens (tertiary/aromatic N) is 1. The van der Waals surface area contributed by atoms with Gasteiger partial charge < -0.3 is 15.4 Å². The first-order chi connectivity index (χ1) is 13.1. The van der Waals surface area contributed by atoms with Gasteiger partial charge in [-0.3, -0.25) is 9.69 Å². The maximum atomic E-state index is 13.0. The van der Waals surface area contributed by atoms with Crippen molar-refractivity contribution >= 4 is 22.9 Å². The lowest BCUT2D eigenvalue weighted by molar-refractivity contribution is -0.127. The number of thiophene rings is 1. The maximum Gasteiger partial charge on any atom is 0.245 e. The SMILES string of the molecule is COCCNC(=O)C1(Nc2ccccc2)CCN(Cc2sccc2C)CC1. The Kier molecular flexibility index (Phi) is 6.88. The lowest BCUT2D eigenvalue weighted by atomic mass is 9.85. The highest BCUT2D eigenvalue weighted by Gasteiger charge is 2.41. The van der Waals surface area contributed by atoms with Crippen LogP contribution >= 0.6 is 11.3 Å². The second kappa shape index (κ2) is 9.35. The summed E-state index contributed by atoms with van der Waals surface area (Å²) < 4.78 is 5.08. The lowest BCUT2D eigenvalue weighted by Gasteiger charge is -2.41. The Labute approximate surface area is 165 Å². The van der Waals surface area contributed by atoms with Gasteiger partial charge in [-0.15, -0.1) is 11.3 Å². The molecule has 0 spiro atoms. The van der Waals surface area contributed by atoms with Crippen molar-refractivity contribution in [2.24, 2.45) is 0 Å². The van der Waals surface area contributed by atoms with Gasteiger partial charge in [-0.2, -0.15) is 0 Å². The summed E-state index contributed by atoms with van der Waals surface area (Å²) in [6.45, 7) is 5.99. The highest BCUT2D eigenvalue weighted by Crippen LogP contribution is 2.29. The third-order valence-electron chi connectivity index (χ3n) is 5.23. The van der Waals surface area contributed by atoms with Gasteiger partial charge in [0.1, 0.15) is 5.54 Å². The zero-order chi connectivity index (χ0) is 19.1. The molecule has 2 heterocycles. The Morgan fingerprint density at radius 3 is 2.59 bits per heavy atom. The first-order valence-corrected chi connectivity index (χ1v) is 10.4. The van der Waals surface area contributed by atoms with Crippen molar-refractivity contribution < 1.29 is 9.53 Å². The highest BCUT2D eigenvalue weighted by atomic mass is 32.1. The molecule has 0 saturated carbocycles. The van der Waals surface area contributed by atoms with Gasteiger partial charge >= 0.3 is 0 Å². The van der Waals surface area contributed by atoms with Gasteiger partial charge in [0.25, 0.3) is 0 Å². The third-order valence-corrected chi connectivity index (χ3v) is 6.24. The fourth-order valence-corrected chi connectivity index (χ4v) is 4.45. The van der Waals surface area contributed by atoms with Crippen LogP contribution in [0.25, 0.3) is 0 Å². The van der Waals surface area contributed by atoms with E-state index in [0.717, 1.165) is 38.2 Å². The first-order valence-electron chi connectivity index (χ1n) is 9.49. The Morgan fingerprint density at radius 2 is 1.96 bits per heavy atom. The molecule has 0 aliphatic carbocycles. The molecule has 0 atom stereocenters. The molecule has 1 aliphatic rings.